The number of halogens is 2. The van der Waals surface area contributed by atoms with Crippen molar-refractivity contribution in [2.75, 3.05) is 27.7 Å². The topological polar surface area (TPSA) is 44.4 Å². The van der Waals surface area contributed by atoms with Gasteiger partial charge < -0.3 is 10.6 Å². The molecule has 0 aliphatic carbocycles. The number of carbonyl (C=O) groups is 1. The highest BCUT2D eigenvalue weighted by Crippen LogP contribution is 2.17. The molecule has 1 amide bonds. The number of nitrogens with one attached hydrogen (secondary N) is 2. The molecule has 0 heterocycles. The van der Waals surface area contributed by atoms with Crippen molar-refractivity contribution in [3.8, 4) is 0 Å². The zero-order valence-corrected chi connectivity index (χ0v) is 14.1. The van der Waals surface area contributed by atoms with Crippen LogP contribution in [0.2, 0.25) is 0 Å². The van der Waals surface area contributed by atoms with E-state index in [1.807, 2.05) is 63.3 Å². The Hall–Kier alpha value is -0.810. The number of rotatable bonds is 6. The Bertz CT molecular complexity index is 374. The van der Waals surface area contributed by atoms with Crippen molar-refractivity contribution < 1.29 is 4.79 Å². The first-order chi connectivity index (χ1) is 8.56. The minimum atomic E-state index is -0.241. The number of carbonyl (C=O) groups excluding carboxylic acids is 1. The lowest BCUT2D eigenvalue weighted by atomic mass is 10.1. The van der Waals surface area contributed by atoms with Crippen molar-refractivity contribution in [1.82, 2.24) is 15.5 Å². The Labute approximate surface area is 134 Å². The molecule has 1 rings (SSSR count). The van der Waals surface area contributed by atoms with E-state index in [1.54, 1.807) is 0 Å². The normalized spacial score (nSPS) is 12.8. The third-order valence-electron chi connectivity index (χ3n) is 2.96. The smallest absolute Gasteiger partial charge is 0.241 e. The minimum absolute atomic E-state index is 0. The summed E-state index contributed by atoms with van der Waals surface area (Å²) in [5, 5.41) is 6.07. The lowest BCUT2D eigenvalue weighted by Gasteiger charge is -2.24. The van der Waals surface area contributed by atoms with E-state index >= 15 is 0 Å². The summed E-state index contributed by atoms with van der Waals surface area (Å²) in [5.74, 6) is 0.0355. The molecule has 2 N–H and O–H groups in total. The third kappa shape index (κ3) is 6.57. The molecule has 20 heavy (non-hydrogen) atoms. The minimum Gasteiger partial charge on any atom is -0.353 e. The standard InChI is InChI=1S/C14H23N3O.2ClH/c1-11(15-2)10-16-14(18)13(17(3)4)12-8-6-5-7-9-12;;/h5-9,11,13,15H,10H2,1-4H3,(H,16,18);2*1H. The molecule has 4 nitrogen and oxygen atoms in total. The maximum Gasteiger partial charge on any atom is 0.241 e. The monoisotopic (exact) mass is 321 g/mol. The van der Waals surface area contributed by atoms with Crippen LogP contribution in [0.25, 0.3) is 0 Å². The predicted octanol–water partition coefficient (Wildman–Crippen LogP) is 1.86. The van der Waals surface area contributed by atoms with Gasteiger partial charge in [0.1, 0.15) is 6.04 Å². The molecule has 0 aromatic heterocycles. The Morgan fingerprint density at radius 3 is 2.20 bits per heavy atom. The first kappa shape index (κ1) is 21.5. The highest BCUT2D eigenvalue weighted by Gasteiger charge is 2.22. The van der Waals surface area contributed by atoms with E-state index in [0.717, 1.165) is 5.56 Å². The van der Waals surface area contributed by atoms with Crippen LogP contribution < -0.4 is 10.6 Å². The molecule has 1 aromatic rings. The highest BCUT2D eigenvalue weighted by molar-refractivity contribution is 5.85. The lowest BCUT2D eigenvalue weighted by molar-refractivity contribution is -0.125. The molecule has 0 bridgehead atoms. The van der Waals surface area contributed by atoms with E-state index in [4.69, 9.17) is 0 Å². The summed E-state index contributed by atoms with van der Waals surface area (Å²) < 4.78 is 0. The zero-order valence-electron chi connectivity index (χ0n) is 12.4. The number of hydrogen-bond donors (Lipinski definition) is 2. The van der Waals surface area contributed by atoms with Crippen LogP contribution in [0, 0.1) is 0 Å². The van der Waals surface area contributed by atoms with Crippen LogP contribution in [0.15, 0.2) is 30.3 Å². The van der Waals surface area contributed by atoms with Crippen molar-refractivity contribution >= 4 is 30.7 Å². The summed E-state index contributed by atoms with van der Waals surface area (Å²) >= 11 is 0. The number of amides is 1. The van der Waals surface area contributed by atoms with Crippen molar-refractivity contribution in [1.29, 1.82) is 0 Å². The number of nitrogens with zero attached hydrogens (tertiary/aromatic N) is 1. The van der Waals surface area contributed by atoms with Crippen molar-refractivity contribution in [2.24, 2.45) is 0 Å². The van der Waals surface area contributed by atoms with Crippen LogP contribution in [0.3, 0.4) is 0 Å². The molecule has 0 radical (unpaired) electrons. The average molecular weight is 322 g/mol. The molecule has 0 spiro atoms. The van der Waals surface area contributed by atoms with Gasteiger partial charge in [-0.2, -0.15) is 0 Å². The quantitative estimate of drug-likeness (QED) is 0.840. The zero-order chi connectivity index (χ0) is 13.5. The first-order valence-electron chi connectivity index (χ1n) is 6.22. The number of hydrogen-bond acceptors (Lipinski definition) is 3. The summed E-state index contributed by atoms with van der Waals surface area (Å²) in [7, 11) is 5.72. The van der Waals surface area contributed by atoms with Crippen LogP contribution in [0.1, 0.15) is 18.5 Å². The van der Waals surface area contributed by atoms with Crippen molar-refractivity contribution in [3.63, 3.8) is 0 Å². The Kier molecular flexibility index (Phi) is 11.7. The van der Waals surface area contributed by atoms with Crippen LogP contribution >= 0.6 is 24.8 Å². The predicted molar refractivity (Wildman–Crippen MR) is 88.9 cm³/mol. The molecule has 0 aliphatic heterocycles. The van der Waals surface area contributed by atoms with E-state index in [0.29, 0.717) is 6.54 Å². The van der Waals surface area contributed by atoms with Crippen LogP contribution in [0.5, 0.6) is 0 Å². The first-order valence-corrected chi connectivity index (χ1v) is 6.22. The molecule has 0 saturated heterocycles. The van der Waals surface area contributed by atoms with Gasteiger partial charge in [0.25, 0.3) is 0 Å². The molecule has 1 aromatic carbocycles. The second-order valence-corrected chi connectivity index (χ2v) is 4.71. The highest BCUT2D eigenvalue weighted by atomic mass is 35.5. The molecule has 0 aliphatic rings. The van der Waals surface area contributed by atoms with Crippen LogP contribution in [0.4, 0.5) is 0 Å². The Morgan fingerprint density at radius 1 is 1.20 bits per heavy atom. The largest absolute Gasteiger partial charge is 0.353 e. The SMILES string of the molecule is CNC(C)CNC(=O)C(c1ccccc1)N(C)C.Cl.Cl. The lowest BCUT2D eigenvalue weighted by Crippen LogP contribution is -2.42. The summed E-state index contributed by atoms with van der Waals surface area (Å²) in [6.07, 6.45) is 0. The molecule has 2 atom stereocenters. The van der Waals surface area contributed by atoms with Gasteiger partial charge in [-0.15, -0.1) is 24.8 Å². The van der Waals surface area contributed by atoms with Gasteiger partial charge in [-0.05, 0) is 33.6 Å². The van der Waals surface area contributed by atoms with Crippen LogP contribution in [-0.2, 0) is 4.79 Å². The van der Waals surface area contributed by atoms with Crippen molar-refractivity contribution in [2.45, 2.75) is 19.0 Å². The Morgan fingerprint density at radius 2 is 1.75 bits per heavy atom. The van der Waals surface area contributed by atoms with Crippen LogP contribution in [-0.4, -0.2) is 44.5 Å². The maximum absolute atomic E-state index is 12.2. The maximum atomic E-state index is 12.2. The van der Waals surface area contributed by atoms with Gasteiger partial charge >= 0.3 is 0 Å². The molecule has 0 saturated carbocycles. The van der Waals surface area contributed by atoms with E-state index in [-0.39, 0.29) is 42.8 Å². The Balaban J connectivity index is 0. The number of likely N-dealkylation sites (N-methyl/N-ethyl adjacent to an activating group) is 2. The fraction of sp³-hybridized carbons (Fsp3) is 0.500. The molecule has 6 heteroatoms. The summed E-state index contributed by atoms with van der Waals surface area (Å²) in [4.78, 5) is 14.2. The van der Waals surface area contributed by atoms with Gasteiger partial charge in [0, 0.05) is 12.6 Å². The fourth-order valence-electron chi connectivity index (χ4n) is 1.77. The van der Waals surface area contributed by atoms with Gasteiger partial charge in [0.05, 0.1) is 0 Å². The van der Waals surface area contributed by atoms with E-state index in [9.17, 15) is 4.79 Å². The molecular weight excluding hydrogens is 297 g/mol. The number of benzene rings is 1. The van der Waals surface area contributed by atoms with Gasteiger partial charge in [0.15, 0.2) is 0 Å². The second-order valence-electron chi connectivity index (χ2n) is 4.71. The molecule has 2 unspecified atom stereocenters. The van der Waals surface area contributed by atoms with Gasteiger partial charge in [-0.25, -0.2) is 0 Å². The van der Waals surface area contributed by atoms with Crippen molar-refractivity contribution in [3.05, 3.63) is 35.9 Å². The third-order valence-corrected chi connectivity index (χ3v) is 2.96. The molecule has 0 fully saturated rings. The fourth-order valence-corrected chi connectivity index (χ4v) is 1.77. The van der Waals surface area contributed by atoms with E-state index in [1.165, 1.54) is 0 Å². The van der Waals surface area contributed by atoms with Gasteiger partial charge in [0.2, 0.25) is 5.91 Å². The molecule has 116 valence electrons. The summed E-state index contributed by atoms with van der Waals surface area (Å²) in [6, 6.07) is 9.85. The summed E-state index contributed by atoms with van der Waals surface area (Å²) in [5.41, 5.74) is 1.01. The van der Waals surface area contributed by atoms with E-state index < -0.39 is 0 Å². The van der Waals surface area contributed by atoms with Gasteiger partial charge in [-0.3, -0.25) is 9.69 Å². The van der Waals surface area contributed by atoms with Gasteiger partial charge in [-0.1, -0.05) is 30.3 Å². The summed E-state index contributed by atoms with van der Waals surface area (Å²) in [6.45, 7) is 2.67. The average Bonchev–Trinajstić information content (AvgIpc) is 2.37. The molecular formula is C14H25Cl2N3O. The van der Waals surface area contributed by atoms with E-state index in [2.05, 4.69) is 10.6 Å². The second kappa shape index (κ2) is 10.9.